The number of pyridine rings is 1. The normalized spacial score (nSPS) is 14.7. The van der Waals surface area contributed by atoms with Crippen molar-refractivity contribution in [2.24, 2.45) is 0 Å². The molecular formula is C11H16NO2+. The summed E-state index contributed by atoms with van der Waals surface area (Å²) in [6, 6.07) is 1.97. The van der Waals surface area contributed by atoms with Gasteiger partial charge in [-0.3, -0.25) is 4.84 Å². The van der Waals surface area contributed by atoms with Gasteiger partial charge in [0.15, 0.2) is 0 Å². The summed E-state index contributed by atoms with van der Waals surface area (Å²) in [6.07, 6.45) is 6.59. The van der Waals surface area contributed by atoms with E-state index in [4.69, 9.17) is 9.57 Å². The Kier molecular flexibility index (Phi) is 2.57. The molecular weight excluding hydrogens is 178 g/mol. The van der Waals surface area contributed by atoms with Gasteiger partial charge in [-0.05, 0) is 19.3 Å². The Morgan fingerprint density at radius 3 is 2.71 bits per heavy atom. The molecule has 1 aromatic heterocycles. The fraction of sp³-hybridized carbons (Fsp3) is 0.545. The van der Waals surface area contributed by atoms with Crippen LogP contribution >= 0.6 is 0 Å². The monoisotopic (exact) mass is 194 g/mol. The molecule has 0 unspecified atom stereocenters. The maximum atomic E-state index is 5.34. The molecule has 0 aromatic carbocycles. The highest BCUT2D eigenvalue weighted by Gasteiger charge is 2.24. The molecule has 3 heteroatoms. The van der Waals surface area contributed by atoms with Crippen molar-refractivity contribution in [2.75, 3.05) is 14.2 Å². The summed E-state index contributed by atoms with van der Waals surface area (Å²) in [5, 5.41) is 0. The average Bonchev–Trinajstić information content (AvgIpc) is 2.27. The predicted molar refractivity (Wildman–Crippen MR) is 52.3 cm³/mol. The van der Waals surface area contributed by atoms with E-state index in [0.29, 0.717) is 0 Å². The minimum absolute atomic E-state index is 0.994. The Morgan fingerprint density at radius 2 is 2.00 bits per heavy atom. The number of hydrogen-bond acceptors (Lipinski definition) is 2. The van der Waals surface area contributed by atoms with E-state index < -0.39 is 0 Å². The van der Waals surface area contributed by atoms with Crippen LogP contribution in [-0.2, 0) is 12.8 Å². The first-order chi connectivity index (χ1) is 6.86. The maximum absolute atomic E-state index is 5.34. The van der Waals surface area contributed by atoms with Crippen molar-refractivity contribution in [2.45, 2.75) is 25.7 Å². The number of methoxy groups -OCH3 is 1. The number of hydrogen-bond donors (Lipinski definition) is 0. The molecule has 0 amide bonds. The Bertz CT molecular complexity index is 303. The van der Waals surface area contributed by atoms with Gasteiger partial charge in [-0.15, -0.1) is 0 Å². The van der Waals surface area contributed by atoms with E-state index in [1.54, 1.807) is 14.2 Å². The van der Waals surface area contributed by atoms with E-state index in [-0.39, 0.29) is 0 Å². The molecule has 0 atom stereocenters. The molecule has 14 heavy (non-hydrogen) atoms. The van der Waals surface area contributed by atoms with Crippen molar-refractivity contribution in [1.82, 2.24) is 0 Å². The van der Waals surface area contributed by atoms with Crippen molar-refractivity contribution >= 4 is 0 Å². The number of aromatic nitrogens is 1. The number of nitrogens with zero attached hydrogens (tertiary/aromatic N) is 1. The third kappa shape index (κ3) is 1.43. The van der Waals surface area contributed by atoms with Crippen LogP contribution in [0.5, 0.6) is 5.75 Å². The highest BCUT2D eigenvalue weighted by Crippen LogP contribution is 2.26. The van der Waals surface area contributed by atoms with E-state index in [2.05, 4.69) is 0 Å². The fourth-order valence-electron chi connectivity index (χ4n) is 2.09. The zero-order chi connectivity index (χ0) is 9.97. The second-order valence-electron chi connectivity index (χ2n) is 3.52. The Hall–Kier alpha value is -1.25. The molecule has 1 aromatic rings. The number of ether oxygens (including phenoxy) is 1. The molecule has 3 nitrogen and oxygen atoms in total. The van der Waals surface area contributed by atoms with Crippen molar-refractivity contribution < 1.29 is 14.3 Å². The molecule has 0 N–H and O–H groups in total. The van der Waals surface area contributed by atoms with E-state index in [1.807, 2.05) is 17.0 Å². The largest absolute Gasteiger partial charge is 0.496 e. The van der Waals surface area contributed by atoms with Gasteiger partial charge in [0.05, 0.1) is 12.7 Å². The van der Waals surface area contributed by atoms with Crippen LogP contribution in [0.2, 0.25) is 0 Å². The lowest BCUT2D eigenvalue weighted by Gasteiger charge is -2.14. The molecule has 0 saturated carbocycles. The molecule has 1 aliphatic rings. The summed E-state index contributed by atoms with van der Waals surface area (Å²) < 4.78 is 7.19. The summed E-state index contributed by atoms with van der Waals surface area (Å²) >= 11 is 0. The first-order valence-corrected chi connectivity index (χ1v) is 5.01. The van der Waals surface area contributed by atoms with Gasteiger partial charge in [0.1, 0.15) is 12.9 Å². The van der Waals surface area contributed by atoms with Gasteiger partial charge >= 0.3 is 0 Å². The van der Waals surface area contributed by atoms with Crippen molar-refractivity contribution in [3.63, 3.8) is 0 Å². The van der Waals surface area contributed by atoms with Gasteiger partial charge in [-0.1, -0.05) is 0 Å². The second-order valence-corrected chi connectivity index (χ2v) is 3.52. The van der Waals surface area contributed by atoms with E-state index >= 15 is 0 Å². The Morgan fingerprint density at radius 1 is 1.21 bits per heavy atom. The van der Waals surface area contributed by atoms with Crippen molar-refractivity contribution in [1.29, 1.82) is 0 Å². The van der Waals surface area contributed by atoms with Gasteiger partial charge in [0.2, 0.25) is 11.9 Å². The Balaban J connectivity index is 2.50. The zero-order valence-electron chi connectivity index (χ0n) is 8.75. The van der Waals surface area contributed by atoms with Crippen molar-refractivity contribution in [3.05, 3.63) is 23.5 Å². The first kappa shape index (κ1) is 9.31. The predicted octanol–water partition coefficient (Wildman–Crippen LogP) is 0.920. The van der Waals surface area contributed by atoms with Crippen LogP contribution in [0, 0.1) is 0 Å². The van der Waals surface area contributed by atoms with E-state index in [9.17, 15) is 0 Å². The molecule has 0 aliphatic heterocycles. The second kappa shape index (κ2) is 3.86. The van der Waals surface area contributed by atoms with Crippen LogP contribution in [-0.4, -0.2) is 14.2 Å². The van der Waals surface area contributed by atoms with Crippen LogP contribution in [0.4, 0.5) is 0 Å². The third-order valence-corrected chi connectivity index (χ3v) is 2.78. The fourth-order valence-corrected chi connectivity index (χ4v) is 2.09. The first-order valence-electron chi connectivity index (χ1n) is 5.01. The van der Waals surface area contributed by atoms with Crippen LogP contribution in [0.3, 0.4) is 0 Å². The van der Waals surface area contributed by atoms with Crippen LogP contribution in [0.15, 0.2) is 12.3 Å². The summed E-state index contributed by atoms with van der Waals surface area (Å²) in [5.41, 5.74) is 2.57. The lowest BCUT2D eigenvalue weighted by atomic mass is 9.95. The molecule has 2 rings (SSSR count). The highest BCUT2D eigenvalue weighted by atomic mass is 16.6. The SMILES string of the molecule is COc1cc[n+](OC)c2c1CCCC2. The molecule has 1 aliphatic carbocycles. The van der Waals surface area contributed by atoms with Gasteiger partial charge in [-0.2, -0.15) is 0 Å². The lowest BCUT2D eigenvalue weighted by molar-refractivity contribution is -0.890. The zero-order valence-corrected chi connectivity index (χ0v) is 8.75. The van der Waals surface area contributed by atoms with Crippen LogP contribution in [0.1, 0.15) is 24.1 Å². The third-order valence-electron chi connectivity index (χ3n) is 2.78. The topological polar surface area (TPSA) is 22.3 Å². The standard InChI is InChI=1S/C11H16NO2/c1-13-11-7-8-12(14-2)10-6-4-3-5-9(10)11/h7-8H,3-6H2,1-2H3/q+1. The van der Waals surface area contributed by atoms with Gasteiger partial charge < -0.3 is 4.74 Å². The molecule has 0 spiro atoms. The summed E-state index contributed by atoms with van der Waals surface area (Å²) in [4.78, 5) is 5.27. The molecule has 0 saturated heterocycles. The molecule has 1 heterocycles. The molecule has 0 fully saturated rings. The number of rotatable bonds is 2. The molecule has 0 radical (unpaired) electrons. The van der Waals surface area contributed by atoms with E-state index in [1.165, 1.54) is 24.1 Å². The highest BCUT2D eigenvalue weighted by molar-refractivity contribution is 5.34. The summed E-state index contributed by atoms with van der Waals surface area (Å²) in [6.45, 7) is 0. The molecule has 76 valence electrons. The number of fused-ring (bicyclic) bond motifs is 1. The smallest absolute Gasteiger partial charge is 0.241 e. The van der Waals surface area contributed by atoms with Gasteiger partial charge in [-0.25, -0.2) is 0 Å². The Labute approximate surface area is 84.2 Å². The van der Waals surface area contributed by atoms with Crippen molar-refractivity contribution in [3.8, 4) is 5.75 Å². The van der Waals surface area contributed by atoms with Crippen LogP contribution in [0.25, 0.3) is 0 Å². The maximum Gasteiger partial charge on any atom is 0.241 e. The average molecular weight is 194 g/mol. The lowest BCUT2D eigenvalue weighted by Crippen LogP contribution is -2.45. The van der Waals surface area contributed by atoms with Gasteiger partial charge in [0.25, 0.3) is 0 Å². The summed E-state index contributed by atoms with van der Waals surface area (Å²) in [7, 11) is 3.42. The minimum Gasteiger partial charge on any atom is -0.496 e. The van der Waals surface area contributed by atoms with Gasteiger partial charge in [0, 0.05) is 17.2 Å². The molecule has 0 bridgehead atoms. The summed E-state index contributed by atoms with van der Waals surface area (Å²) in [5.74, 6) is 0.994. The minimum atomic E-state index is 0.994. The van der Waals surface area contributed by atoms with E-state index in [0.717, 1.165) is 18.6 Å². The van der Waals surface area contributed by atoms with Crippen LogP contribution < -0.4 is 14.3 Å². The quantitative estimate of drug-likeness (QED) is 0.653.